The Labute approximate surface area is 40.0 Å². The standard InChI is InChI=1S/C5H9B/c1-3-4-5(2)6/h3-4H,2,6H2,1H3/b4-3-. The van der Waals surface area contributed by atoms with Crippen molar-refractivity contribution in [2.45, 2.75) is 6.92 Å². The van der Waals surface area contributed by atoms with Gasteiger partial charge in [0.1, 0.15) is 7.85 Å². The quantitative estimate of drug-likeness (QED) is 0.321. The van der Waals surface area contributed by atoms with Gasteiger partial charge >= 0.3 is 0 Å². The molecule has 0 aliphatic rings. The Bertz CT molecular complexity index is 72.0. The van der Waals surface area contributed by atoms with Crippen molar-refractivity contribution in [2.75, 3.05) is 0 Å². The summed E-state index contributed by atoms with van der Waals surface area (Å²) >= 11 is 0. The molecule has 1 heteroatoms. The molecule has 0 heterocycles. The van der Waals surface area contributed by atoms with Gasteiger partial charge in [-0.3, -0.25) is 0 Å². The van der Waals surface area contributed by atoms with Gasteiger partial charge in [-0.2, -0.15) is 0 Å². The third-order valence-electron chi connectivity index (χ3n) is 0.451. The molecule has 0 unspecified atom stereocenters. The van der Waals surface area contributed by atoms with Crippen LogP contribution in [0.1, 0.15) is 6.92 Å². The summed E-state index contributed by atoms with van der Waals surface area (Å²) < 4.78 is 0. The predicted molar refractivity (Wildman–Crippen MR) is 32.5 cm³/mol. The Morgan fingerprint density at radius 3 is 2.33 bits per heavy atom. The van der Waals surface area contributed by atoms with Crippen LogP contribution in [0.4, 0.5) is 0 Å². The summed E-state index contributed by atoms with van der Waals surface area (Å²) in [6.45, 7) is 5.64. The van der Waals surface area contributed by atoms with Crippen molar-refractivity contribution >= 4 is 7.85 Å². The van der Waals surface area contributed by atoms with Crippen LogP contribution in [0.2, 0.25) is 0 Å². The van der Waals surface area contributed by atoms with Crippen molar-refractivity contribution < 1.29 is 0 Å². The Morgan fingerprint density at radius 2 is 2.33 bits per heavy atom. The molecular weight excluding hydrogens is 70.9 g/mol. The summed E-state index contributed by atoms with van der Waals surface area (Å²) in [5.74, 6) is 0. The summed E-state index contributed by atoms with van der Waals surface area (Å²) in [6.07, 6.45) is 3.95. The molecule has 32 valence electrons. The number of hydrogen-bond donors (Lipinski definition) is 0. The second-order valence-corrected chi connectivity index (χ2v) is 1.35. The lowest BCUT2D eigenvalue weighted by Gasteiger charge is -1.75. The zero-order valence-corrected chi connectivity index (χ0v) is 4.36. The number of allylic oxidation sites excluding steroid dienone is 3. The van der Waals surface area contributed by atoms with E-state index in [2.05, 4.69) is 6.58 Å². The van der Waals surface area contributed by atoms with E-state index in [1.165, 1.54) is 0 Å². The second kappa shape index (κ2) is 2.76. The van der Waals surface area contributed by atoms with Gasteiger partial charge in [0.15, 0.2) is 0 Å². The topological polar surface area (TPSA) is 0 Å². The van der Waals surface area contributed by atoms with Gasteiger partial charge < -0.3 is 0 Å². The molecule has 6 heavy (non-hydrogen) atoms. The summed E-state index contributed by atoms with van der Waals surface area (Å²) in [6, 6.07) is 0. The first-order valence-electron chi connectivity index (χ1n) is 2.05. The largest absolute Gasteiger partial charge is 0.138 e. The van der Waals surface area contributed by atoms with Crippen molar-refractivity contribution in [2.24, 2.45) is 0 Å². The molecular formula is C5H9B. The van der Waals surface area contributed by atoms with Gasteiger partial charge in [0.05, 0.1) is 0 Å². The van der Waals surface area contributed by atoms with E-state index < -0.39 is 0 Å². The highest BCUT2D eigenvalue weighted by atomic mass is 13.6. The van der Waals surface area contributed by atoms with E-state index in [4.69, 9.17) is 0 Å². The maximum atomic E-state index is 3.66. The van der Waals surface area contributed by atoms with Crippen molar-refractivity contribution in [3.05, 3.63) is 24.2 Å². The molecule has 0 aromatic rings. The predicted octanol–water partition coefficient (Wildman–Crippen LogP) is 0.709. The van der Waals surface area contributed by atoms with E-state index in [0.717, 1.165) is 5.47 Å². The smallest absolute Gasteiger partial charge is 0.105 e. The lowest BCUT2D eigenvalue weighted by molar-refractivity contribution is 1.73. The van der Waals surface area contributed by atoms with Gasteiger partial charge in [-0.25, -0.2) is 0 Å². The Balaban J connectivity index is 3.30. The molecule has 0 atom stereocenters. The number of hydrogen-bond acceptors (Lipinski definition) is 0. The lowest BCUT2D eigenvalue weighted by Crippen LogP contribution is -1.64. The van der Waals surface area contributed by atoms with Gasteiger partial charge in [-0.1, -0.05) is 17.6 Å². The first-order chi connectivity index (χ1) is 2.77. The van der Waals surface area contributed by atoms with Crippen LogP contribution in [-0.2, 0) is 0 Å². The zero-order valence-electron chi connectivity index (χ0n) is 4.36. The zero-order chi connectivity index (χ0) is 4.99. The van der Waals surface area contributed by atoms with E-state index in [-0.39, 0.29) is 0 Å². The minimum atomic E-state index is 1.11. The van der Waals surface area contributed by atoms with Crippen LogP contribution in [0.3, 0.4) is 0 Å². The Morgan fingerprint density at radius 1 is 1.83 bits per heavy atom. The summed E-state index contributed by atoms with van der Waals surface area (Å²) in [7, 11) is 1.97. The average molecular weight is 79.9 g/mol. The molecule has 0 radical (unpaired) electrons. The van der Waals surface area contributed by atoms with E-state index in [1.807, 2.05) is 26.9 Å². The molecule has 0 aromatic carbocycles. The Kier molecular flexibility index (Phi) is 2.56. The van der Waals surface area contributed by atoms with Crippen molar-refractivity contribution in [3.8, 4) is 0 Å². The van der Waals surface area contributed by atoms with Crippen LogP contribution in [0.5, 0.6) is 0 Å². The second-order valence-electron chi connectivity index (χ2n) is 1.35. The maximum Gasteiger partial charge on any atom is 0.138 e. The highest BCUT2D eigenvalue weighted by molar-refractivity contribution is 6.22. The summed E-state index contributed by atoms with van der Waals surface area (Å²) in [5.41, 5.74) is 1.11. The van der Waals surface area contributed by atoms with E-state index in [1.54, 1.807) is 0 Å². The summed E-state index contributed by atoms with van der Waals surface area (Å²) in [5, 5.41) is 0. The lowest BCUT2D eigenvalue weighted by atomic mass is 9.98. The van der Waals surface area contributed by atoms with Crippen LogP contribution in [0.25, 0.3) is 0 Å². The van der Waals surface area contributed by atoms with Gasteiger partial charge in [-0.15, -0.1) is 6.58 Å². The SMILES string of the molecule is BC(=C)/C=C\C. The van der Waals surface area contributed by atoms with Crippen LogP contribution in [0, 0.1) is 0 Å². The van der Waals surface area contributed by atoms with Crippen molar-refractivity contribution in [1.82, 2.24) is 0 Å². The molecule has 0 rings (SSSR count). The molecule has 0 N–H and O–H groups in total. The molecule has 0 saturated carbocycles. The monoisotopic (exact) mass is 80.1 g/mol. The molecule has 0 saturated heterocycles. The summed E-state index contributed by atoms with van der Waals surface area (Å²) in [4.78, 5) is 0. The molecule has 0 spiro atoms. The molecule has 0 amide bonds. The van der Waals surface area contributed by atoms with Crippen molar-refractivity contribution in [3.63, 3.8) is 0 Å². The van der Waals surface area contributed by atoms with Crippen LogP contribution < -0.4 is 0 Å². The molecule has 0 fully saturated rings. The van der Waals surface area contributed by atoms with E-state index in [9.17, 15) is 0 Å². The first kappa shape index (κ1) is 5.54. The van der Waals surface area contributed by atoms with Gasteiger partial charge in [0.2, 0.25) is 0 Å². The third kappa shape index (κ3) is 3.54. The number of rotatable bonds is 1. The van der Waals surface area contributed by atoms with Crippen LogP contribution >= 0.6 is 0 Å². The Hall–Kier alpha value is -0.455. The fourth-order valence-electron chi connectivity index (χ4n) is 0.285. The highest BCUT2D eigenvalue weighted by Crippen LogP contribution is 1.79. The molecule has 0 bridgehead atoms. The highest BCUT2D eigenvalue weighted by Gasteiger charge is 1.64. The molecule has 0 aliphatic carbocycles. The van der Waals surface area contributed by atoms with Crippen molar-refractivity contribution in [1.29, 1.82) is 0 Å². The van der Waals surface area contributed by atoms with Gasteiger partial charge in [-0.05, 0) is 6.92 Å². The fourth-order valence-corrected chi connectivity index (χ4v) is 0.285. The van der Waals surface area contributed by atoms with Gasteiger partial charge in [0, 0.05) is 0 Å². The first-order valence-corrected chi connectivity index (χ1v) is 2.05. The van der Waals surface area contributed by atoms with Crippen LogP contribution in [0.15, 0.2) is 24.2 Å². The van der Waals surface area contributed by atoms with E-state index in [0.29, 0.717) is 0 Å². The van der Waals surface area contributed by atoms with Crippen LogP contribution in [-0.4, -0.2) is 7.85 Å². The average Bonchev–Trinajstić information content (AvgIpc) is 1.35. The molecule has 0 nitrogen and oxygen atoms in total. The molecule has 0 aromatic heterocycles. The fraction of sp³-hybridized carbons (Fsp3) is 0.200. The van der Waals surface area contributed by atoms with E-state index >= 15 is 0 Å². The third-order valence-corrected chi connectivity index (χ3v) is 0.451. The maximum absolute atomic E-state index is 3.66. The molecule has 0 aliphatic heterocycles. The minimum Gasteiger partial charge on any atom is -0.105 e. The van der Waals surface area contributed by atoms with Gasteiger partial charge in [0.25, 0.3) is 0 Å². The minimum absolute atomic E-state index is 1.11. The normalized spacial score (nSPS) is 9.50.